The second-order valence-electron chi connectivity index (χ2n) is 5.50. The molecule has 0 fully saturated rings. The molecule has 2 aromatic rings. The van der Waals surface area contributed by atoms with Gasteiger partial charge in [0.15, 0.2) is 0 Å². The van der Waals surface area contributed by atoms with Gasteiger partial charge in [-0.05, 0) is 40.5 Å². The van der Waals surface area contributed by atoms with Gasteiger partial charge in [0.05, 0.1) is 28.8 Å². The van der Waals surface area contributed by atoms with E-state index in [1.807, 2.05) is 6.07 Å². The van der Waals surface area contributed by atoms with Crippen molar-refractivity contribution in [2.24, 2.45) is 5.73 Å². The van der Waals surface area contributed by atoms with Crippen molar-refractivity contribution < 1.29 is 14.7 Å². The first-order chi connectivity index (χ1) is 11.9. The number of hydrogen-bond acceptors (Lipinski definition) is 6. The number of aryl methyl sites for hydroxylation is 1. The lowest BCUT2D eigenvalue weighted by Gasteiger charge is -2.26. The van der Waals surface area contributed by atoms with Gasteiger partial charge in [-0.25, -0.2) is 0 Å². The molecule has 3 N–H and O–H groups in total. The van der Waals surface area contributed by atoms with Crippen molar-refractivity contribution in [1.29, 1.82) is 5.26 Å². The summed E-state index contributed by atoms with van der Waals surface area (Å²) in [4.78, 5) is 12.6. The summed E-state index contributed by atoms with van der Waals surface area (Å²) < 4.78 is 11.9. The molecule has 128 valence electrons. The molecule has 1 aromatic heterocycles. The minimum Gasteiger partial charge on any atom is -0.496 e. The van der Waals surface area contributed by atoms with Crippen LogP contribution in [0.1, 0.15) is 22.7 Å². The fourth-order valence-corrected chi connectivity index (χ4v) is 3.39. The fraction of sp³-hybridized carbons (Fsp3) is 0.176. The van der Waals surface area contributed by atoms with Crippen LogP contribution >= 0.6 is 15.9 Å². The zero-order chi connectivity index (χ0) is 18.3. The minimum absolute atomic E-state index is 0.0681. The maximum absolute atomic E-state index is 12.6. The van der Waals surface area contributed by atoms with Gasteiger partial charge in [0.2, 0.25) is 5.88 Å². The van der Waals surface area contributed by atoms with Crippen LogP contribution in [-0.4, -0.2) is 17.0 Å². The zero-order valence-electron chi connectivity index (χ0n) is 13.4. The van der Waals surface area contributed by atoms with Crippen molar-refractivity contribution in [2.45, 2.75) is 12.8 Å². The largest absolute Gasteiger partial charge is 0.496 e. The minimum atomic E-state index is -0.762. The van der Waals surface area contributed by atoms with E-state index in [1.165, 1.54) is 13.2 Å². The number of fused-ring (bicyclic) bond motifs is 1. The van der Waals surface area contributed by atoms with Crippen LogP contribution in [0.25, 0.3) is 0 Å². The average molecular weight is 404 g/mol. The number of allylic oxidation sites excluding steroid dienone is 1. The molecule has 1 aliphatic heterocycles. The third-order valence-electron chi connectivity index (χ3n) is 4.05. The molecule has 0 saturated carbocycles. The number of nitrogens with two attached hydrogens (primary N) is 1. The summed E-state index contributed by atoms with van der Waals surface area (Å²) in [6.07, 6.45) is 0. The molecule has 0 saturated heterocycles. The number of nitrogens with zero attached hydrogens (tertiary/aromatic N) is 2. The first-order valence-electron chi connectivity index (χ1n) is 7.25. The highest BCUT2D eigenvalue weighted by molar-refractivity contribution is 9.10. The molecule has 0 bridgehead atoms. The number of hydrogen-bond donors (Lipinski definition) is 2. The summed E-state index contributed by atoms with van der Waals surface area (Å²) in [6.45, 7) is 1.56. The number of aromatic nitrogens is 1. The Morgan fingerprint density at radius 1 is 1.44 bits per heavy atom. The van der Waals surface area contributed by atoms with Crippen LogP contribution in [0.15, 0.2) is 45.0 Å². The van der Waals surface area contributed by atoms with Crippen LogP contribution in [-0.2, 0) is 0 Å². The van der Waals surface area contributed by atoms with E-state index in [2.05, 4.69) is 15.9 Å². The van der Waals surface area contributed by atoms with Gasteiger partial charge in [0.1, 0.15) is 23.1 Å². The van der Waals surface area contributed by atoms with E-state index in [0.29, 0.717) is 26.2 Å². The molecular formula is C17H14BrN3O4. The van der Waals surface area contributed by atoms with Crippen LogP contribution in [0.4, 0.5) is 0 Å². The lowest BCUT2D eigenvalue weighted by molar-refractivity contribution is 0.165. The SMILES string of the molecule is COc1ccc([C@H]2C(C#N)=C(N)Oc3cc(C)n(O)c(=O)c32)cc1Br. The van der Waals surface area contributed by atoms with E-state index >= 15 is 0 Å². The maximum atomic E-state index is 12.6. The van der Waals surface area contributed by atoms with Crippen molar-refractivity contribution >= 4 is 15.9 Å². The average Bonchev–Trinajstić information content (AvgIpc) is 2.58. The van der Waals surface area contributed by atoms with Crippen molar-refractivity contribution in [2.75, 3.05) is 7.11 Å². The van der Waals surface area contributed by atoms with Gasteiger partial charge in [-0.2, -0.15) is 9.99 Å². The van der Waals surface area contributed by atoms with E-state index in [-0.39, 0.29) is 22.8 Å². The van der Waals surface area contributed by atoms with Crippen molar-refractivity contribution in [3.8, 4) is 17.6 Å². The highest BCUT2D eigenvalue weighted by Gasteiger charge is 2.34. The van der Waals surface area contributed by atoms with E-state index in [0.717, 1.165) is 0 Å². The van der Waals surface area contributed by atoms with Crippen LogP contribution in [0.2, 0.25) is 0 Å². The normalized spacial score (nSPS) is 16.0. The van der Waals surface area contributed by atoms with Crippen LogP contribution < -0.4 is 20.8 Å². The van der Waals surface area contributed by atoms with Gasteiger partial charge in [-0.1, -0.05) is 6.07 Å². The second-order valence-corrected chi connectivity index (χ2v) is 6.35. The topological polar surface area (TPSA) is 110 Å². The zero-order valence-corrected chi connectivity index (χ0v) is 15.0. The molecule has 1 aromatic carbocycles. The molecule has 2 heterocycles. The van der Waals surface area contributed by atoms with Crippen LogP contribution in [0.3, 0.4) is 0 Å². The predicted octanol–water partition coefficient (Wildman–Crippen LogP) is 2.38. The highest BCUT2D eigenvalue weighted by atomic mass is 79.9. The number of ether oxygens (including phenoxy) is 2. The molecule has 0 aliphatic carbocycles. The molecule has 25 heavy (non-hydrogen) atoms. The molecule has 8 heteroatoms. The molecule has 7 nitrogen and oxygen atoms in total. The highest BCUT2D eigenvalue weighted by Crippen LogP contribution is 2.42. The molecule has 0 radical (unpaired) electrons. The van der Waals surface area contributed by atoms with Gasteiger partial charge in [-0.15, -0.1) is 0 Å². The van der Waals surface area contributed by atoms with Gasteiger partial charge < -0.3 is 20.4 Å². The van der Waals surface area contributed by atoms with Crippen molar-refractivity contribution in [3.05, 3.63) is 67.4 Å². The van der Waals surface area contributed by atoms with Crippen LogP contribution in [0, 0.1) is 18.3 Å². The Kier molecular flexibility index (Phi) is 4.18. The first kappa shape index (κ1) is 16.9. The quantitative estimate of drug-likeness (QED) is 0.744. The predicted molar refractivity (Wildman–Crippen MR) is 92.6 cm³/mol. The Morgan fingerprint density at radius 3 is 2.76 bits per heavy atom. The standard InChI is InChI=1S/C17H14BrN3O4/c1-8-5-13-15(17(22)21(8)23)14(10(7-19)16(20)25-13)9-3-4-12(24-2)11(18)6-9/h3-6,14,23H,20H2,1-2H3/t14-/m0/s1. The lowest BCUT2D eigenvalue weighted by atomic mass is 9.84. The Labute approximate surface area is 151 Å². The fourth-order valence-electron chi connectivity index (χ4n) is 2.83. The molecular weight excluding hydrogens is 390 g/mol. The molecule has 0 unspecified atom stereocenters. The summed E-state index contributed by atoms with van der Waals surface area (Å²) in [5.41, 5.74) is 6.42. The van der Waals surface area contributed by atoms with E-state index in [9.17, 15) is 15.3 Å². The molecule has 0 spiro atoms. The van der Waals surface area contributed by atoms with Gasteiger partial charge >= 0.3 is 0 Å². The number of benzene rings is 1. The molecule has 1 aliphatic rings. The molecule has 3 rings (SSSR count). The number of nitriles is 1. The van der Waals surface area contributed by atoms with E-state index in [1.54, 1.807) is 25.1 Å². The van der Waals surface area contributed by atoms with Gasteiger partial charge in [-0.3, -0.25) is 4.79 Å². The Balaban J connectivity index is 2.32. The second kappa shape index (κ2) is 6.18. The smallest absolute Gasteiger partial charge is 0.291 e. The van der Waals surface area contributed by atoms with Gasteiger partial charge in [0, 0.05) is 6.07 Å². The third-order valence-corrected chi connectivity index (χ3v) is 4.67. The Bertz CT molecular complexity index is 1000. The van der Waals surface area contributed by atoms with Crippen molar-refractivity contribution in [3.63, 3.8) is 0 Å². The third kappa shape index (κ3) is 2.62. The Hall–Kier alpha value is -2.92. The lowest BCUT2D eigenvalue weighted by Crippen LogP contribution is -2.31. The van der Waals surface area contributed by atoms with Crippen LogP contribution in [0.5, 0.6) is 11.5 Å². The summed E-state index contributed by atoms with van der Waals surface area (Å²) >= 11 is 3.40. The molecule has 1 atom stereocenters. The number of halogens is 1. The Morgan fingerprint density at radius 2 is 2.16 bits per heavy atom. The van der Waals surface area contributed by atoms with Gasteiger partial charge in [0.25, 0.3) is 5.56 Å². The monoisotopic (exact) mass is 403 g/mol. The summed E-state index contributed by atoms with van der Waals surface area (Å²) in [6, 6.07) is 8.69. The summed E-state index contributed by atoms with van der Waals surface area (Å²) in [5.74, 6) is 0.0000873. The first-order valence-corrected chi connectivity index (χ1v) is 8.05. The van der Waals surface area contributed by atoms with E-state index < -0.39 is 11.5 Å². The van der Waals surface area contributed by atoms with E-state index in [4.69, 9.17) is 15.2 Å². The maximum Gasteiger partial charge on any atom is 0.291 e. The van der Waals surface area contributed by atoms with Crippen molar-refractivity contribution in [1.82, 2.24) is 4.73 Å². The summed E-state index contributed by atoms with van der Waals surface area (Å²) in [7, 11) is 1.54. The number of pyridine rings is 1. The number of methoxy groups -OCH3 is 1. The molecule has 0 amide bonds. The number of rotatable bonds is 2. The summed E-state index contributed by atoms with van der Waals surface area (Å²) in [5, 5.41) is 19.5.